The van der Waals surface area contributed by atoms with Gasteiger partial charge in [0.05, 0.1) is 6.61 Å². The third kappa shape index (κ3) is 1.43. The Morgan fingerprint density at radius 2 is 2.29 bits per heavy atom. The topological polar surface area (TPSA) is 78.8 Å². The number of carbonyl (C=O) groups is 1. The summed E-state index contributed by atoms with van der Waals surface area (Å²) in [5, 5.41) is 20.5. The van der Waals surface area contributed by atoms with Crippen LogP contribution < -0.4 is 10.1 Å². The number of benzene rings is 1. The van der Waals surface area contributed by atoms with Crippen LogP contribution >= 0.6 is 0 Å². The van der Waals surface area contributed by atoms with Gasteiger partial charge < -0.3 is 14.9 Å². The Morgan fingerprint density at radius 3 is 3.00 bits per heavy atom. The Labute approximate surface area is 79.9 Å². The summed E-state index contributed by atoms with van der Waals surface area (Å²) in [6.45, 7) is -0.117. The van der Waals surface area contributed by atoms with Crippen LogP contribution in [0.3, 0.4) is 0 Å². The molecule has 1 aliphatic rings. The summed E-state index contributed by atoms with van der Waals surface area (Å²) in [5.41, 5.74) is 1.11. The van der Waals surface area contributed by atoms with Crippen LogP contribution in [-0.2, 0) is 6.61 Å². The van der Waals surface area contributed by atoms with E-state index in [1.807, 2.05) is 0 Å². The second kappa shape index (κ2) is 3.28. The molecule has 0 aliphatic carbocycles. The summed E-state index contributed by atoms with van der Waals surface area (Å²) in [7, 11) is 0. The molecular weight excluding hydrogens is 186 g/mol. The fourth-order valence-electron chi connectivity index (χ4n) is 1.32. The molecule has 14 heavy (non-hydrogen) atoms. The first-order valence-corrected chi connectivity index (χ1v) is 4.11. The van der Waals surface area contributed by atoms with Crippen molar-refractivity contribution in [2.75, 3.05) is 0 Å². The van der Waals surface area contributed by atoms with Crippen LogP contribution in [0.15, 0.2) is 18.2 Å². The van der Waals surface area contributed by atoms with Crippen molar-refractivity contribution in [3.8, 4) is 5.75 Å². The van der Waals surface area contributed by atoms with E-state index in [0.717, 1.165) is 0 Å². The van der Waals surface area contributed by atoms with Crippen LogP contribution in [0, 0.1) is 0 Å². The van der Waals surface area contributed by atoms with Gasteiger partial charge in [0.25, 0.3) is 0 Å². The molecule has 5 nitrogen and oxygen atoms in total. The smallest absolute Gasteiger partial charge is 0.410 e. The van der Waals surface area contributed by atoms with Crippen molar-refractivity contribution in [2.45, 2.75) is 12.8 Å². The number of carbonyl (C=O) groups excluding carboxylic acids is 1. The van der Waals surface area contributed by atoms with Gasteiger partial charge in [-0.05, 0) is 17.7 Å². The molecule has 74 valence electrons. The minimum Gasteiger partial charge on any atom is -0.410 e. The molecule has 1 aromatic rings. The van der Waals surface area contributed by atoms with Gasteiger partial charge in [0.15, 0.2) is 6.23 Å². The standard InChI is InChI=1S/C9H9NO4/c11-4-5-1-2-7-6(3-5)8(12)10-9(13)14-7/h1-3,8,11-12H,4H2,(H,10,13)/t8-/m1/s1. The van der Waals surface area contributed by atoms with Crippen molar-refractivity contribution >= 4 is 6.09 Å². The van der Waals surface area contributed by atoms with Crippen LogP contribution in [0.1, 0.15) is 17.4 Å². The van der Waals surface area contributed by atoms with Gasteiger partial charge in [0.2, 0.25) is 0 Å². The van der Waals surface area contributed by atoms with Gasteiger partial charge >= 0.3 is 6.09 Å². The molecule has 1 aromatic carbocycles. The molecule has 1 atom stereocenters. The molecule has 0 bridgehead atoms. The highest BCUT2D eigenvalue weighted by atomic mass is 16.6. The Balaban J connectivity index is 2.44. The van der Waals surface area contributed by atoms with Crippen LogP contribution in [-0.4, -0.2) is 16.3 Å². The summed E-state index contributed by atoms with van der Waals surface area (Å²) < 4.78 is 4.81. The monoisotopic (exact) mass is 195 g/mol. The number of ether oxygens (including phenoxy) is 1. The number of hydrogen-bond donors (Lipinski definition) is 3. The minimum absolute atomic E-state index is 0.117. The molecule has 0 unspecified atom stereocenters. The normalized spacial score (nSPS) is 19.6. The number of nitrogens with one attached hydrogen (secondary N) is 1. The van der Waals surface area contributed by atoms with Crippen LogP contribution in [0.4, 0.5) is 4.79 Å². The predicted molar refractivity (Wildman–Crippen MR) is 46.5 cm³/mol. The SMILES string of the molecule is O=C1N[C@H](O)c2cc(CO)ccc2O1. The summed E-state index contributed by atoms with van der Waals surface area (Å²) in [4.78, 5) is 10.8. The fraction of sp³-hybridized carbons (Fsp3) is 0.222. The van der Waals surface area contributed by atoms with Gasteiger partial charge in [-0.2, -0.15) is 0 Å². The molecule has 0 radical (unpaired) electrons. The van der Waals surface area contributed by atoms with E-state index in [9.17, 15) is 9.90 Å². The van der Waals surface area contributed by atoms with E-state index in [1.54, 1.807) is 18.2 Å². The van der Waals surface area contributed by atoms with Gasteiger partial charge in [-0.1, -0.05) is 6.07 Å². The molecule has 1 heterocycles. The maximum atomic E-state index is 10.8. The summed E-state index contributed by atoms with van der Waals surface area (Å²) >= 11 is 0. The first kappa shape index (κ1) is 8.98. The molecule has 0 saturated heterocycles. The van der Waals surface area contributed by atoms with Gasteiger partial charge in [0.1, 0.15) is 5.75 Å². The van der Waals surface area contributed by atoms with Gasteiger partial charge in [-0.15, -0.1) is 0 Å². The Bertz CT molecular complexity index is 377. The van der Waals surface area contributed by atoms with Gasteiger partial charge in [-0.25, -0.2) is 4.79 Å². The Morgan fingerprint density at radius 1 is 1.50 bits per heavy atom. The lowest BCUT2D eigenvalue weighted by Crippen LogP contribution is -2.35. The van der Waals surface area contributed by atoms with E-state index in [2.05, 4.69) is 5.32 Å². The van der Waals surface area contributed by atoms with Crippen LogP contribution in [0.5, 0.6) is 5.75 Å². The molecule has 0 fully saturated rings. The van der Waals surface area contributed by atoms with Crippen LogP contribution in [0.2, 0.25) is 0 Å². The predicted octanol–water partition coefficient (Wildman–Crippen LogP) is 0.272. The van der Waals surface area contributed by atoms with Gasteiger partial charge in [-0.3, -0.25) is 5.32 Å². The van der Waals surface area contributed by atoms with Crippen LogP contribution in [0.25, 0.3) is 0 Å². The highest BCUT2D eigenvalue weighted by Gasteiger charge is 2.23. The molecule has 0 aromatic heterocycles. The van der Waals surface area contributed by atoms with Crippen molar-refractivity contribution in [1.29, 1.82) is 0 Å². The Hall–Kier alpha value is -1.59. The van der Waals surface area contributed by atoms with Crippen molar-refractivity contribution < 1.29 is 19.7 Å². The third-order valence-corrected chi connectivity index (χ3v) is 2.01. The quantitative estimate of drug-likeness (QED) is 0.601. The van der Waals surface area contributed by atoms with E-state index >= 15 is 0 Å². The highest BCUT2D eigenvalue weighted by Crippen LogP contribution is 2.28. The Kier molecular flexibility index (Phi) is 2.11. The third-order valence-electron chi connectivity index (χ3n) is 2.01. The average molecular weight is 195 g/mol. The van der Waals surface area contributed by atoms with Crippen molar-refractivity contribution in [3.05, 3.63) is 29.3 Å². The van der Waals surface area contributed by atoms with E-state index in [-0.39, 0.29) is 6.61 Å². The fourth-order valence-corrected chi connectivity index (χ4v) is 1.32. The summed E-state index contributed by atoms with van der Waals surface area (Å²) in [6.07, 6.45) is -1.75. The van der Waals surface area contributed by atoms with Crippen molar-refractivity contribution in [1.82, 2.24) is 5.32 Å². The molecule has 3 N–H and O–H groups in total. The van der Waals surface area contributed by atoms with E-state index in [0.29, 0.717) is 16.9 Å². The number of hydrogen-bond acceptors (Lipinski definition) is 4. The zero-order valence-corrected chi connectivity index (χ0v) is 7.23. The lowest BCUT2D eigenvalue weighted by molar-refractivity contribution is 0.108. The molecule has 0 spiro atoms. The summed E-state index contributed by atoms with van der Waals surface area (Å²) in [6, 6.07) is 4.76. The zero-order chi connectivity index (χ0) is 10.1. The van der Waals surface area contributed by atoms with Crippen molar-refractivity contribution in [3.63, 3.8) is 0 Å². The second-order valence-electron chi connectivity index (χ2n) is 2.97. The zero-order valence-electron chi connectivity index (χ0n) is 7.23. The first-order chi connectivity index (χ1) is 6.70. The molecule has 1 aliphatic heterocycles. The lowest BCUT2D eigenvalue weighted by Gasteiger charge is -2.22. The van der Waals surface area contributed by atoms with Gasteiger partial charge in [0, 0.05) is 5.56 Å². The van der Waals surface area contributed by atoms with E-state index in [1.165, 1.54) is 0 Å². The summed E-state index contributed by atoms with van der Waals surface area (Å²) in [5.74, 6) is 0.318. The molecule has 1 amide bonds. The molecule has 2 rings (SSSR count). The maximum absolute atomic E-state index is 10.8. The molecule has 5 heteroatoms. The van der Waals surface area contributed by atoms with Crippen molar-refractivity contribution in [2.24, 2.45) is 0 Å². The average Bonchev–Trinajstić information content (AvgIpc) is 2.17. The number of amides is 1. The number of rotatable bonds is 1. The number of aliphatic hydroxyl groups is 2. The number of aliphatic hydroxyl groups excluding tert-OH is 2. The maximum Gasteiger partial charge on any atom is 0.414 e. The highest BCUT2D eigenvalue weighted by molar-refractivity contribution is 5.73. The number of fused-ring (bicyclic) bond motifs is 1. The lowest BCUT2D eigenvalue weighted by atomic mass is 10.1. The first-order valence-electron chi connectivity index (χ1n) is 4.11. The minimum atomic E-state index is -1.07. The molecule has 0 saturated carbocycles. The largest absolute Gasteiger partial charge is 0.414 e. The second-order valence-corrected chi connectivity index (χ2v) is 2.97. The van der Waals surface area contributed by atoms with E-state index < -0.39 is 12.3 Å². The van der Waals surface area contributed by atoms with E-state index in [4.69, 9.17) is 9.84 Å². The molecular formula is C9H9NO4.